The first kappa shape index (κ1) is 14.5. The molecule has 2 aromatic carbocycles. The number of aromatic nitrogens is 2. The Labute approximate surface area is 141 Å². The largest absolute Gasteiger partial charge is 0.339 e. The Balaban J connectivity index is 1.87. The molecule has 0 fully saturated rings. The fourth-order valence-electron chi connectivity index (χ4n) is 2.87. The van der Waals surface area contributed by atoms with E-state index in [1.54, 1.807) is 0 Å². The Hall–Kier alpha value is -3.07. The maximum absolute atomic E-state index is 4.82. The van der Waals surface area contributed by atoms with Crippen molar-refractivity contribution in [1.82, 2.24) is 9.38 Å². The van der Waals surface area contributed by atoms with Crippen LogP contribution in [0.5, 0.6) is 0 Å². The molecule has 0 atom stereocenters. The van der Waals surface area contributed by atoms with Crippen molar-refractivity contribution in [3.05, 3.63) is 84.1 Å². The first-order chi connectivity index (χ1) is 11.7. The van der Waals surface area contributed by atoms with Crippen molar-refractivity contribution in [3.63, 3.8) is 0 Å². The van der Waals surface area contributed by atoms with Crippen LogP contribution < -0.4 is 5.32 Å². The zero-order valence-electron chi connectivity index (χ0n) is 13.8. The monoisotopic (exact) mass is 313 g/mol. The van der Waals surface area contributed by atoms with Crippen molar-refractivity contribution in [3.8, 4) is 11.3 Å². The molecule has 0 unspecified atom stereocenters. The molecule has 0 saturated carbocycles. The SMILES string of the molecule is Cc1ccc(Nc2c(-c3ccccc3)nc3ccccn23)cc1C. The lowest BCUT2D eigenvalue weighted by Gasteiger charge is -2.10. The van der Waals surface area contributed by atoms with Crippen LogP contribution in [0.1, 0.15) is 11.1 Å². The molecule has 1 N–H and O–H groups in total. The van der Waals surface area contributed by atoms with Gasteiger partial charge in [-0.05, 0) is 49.2 Å². The molecular formula is C21H19N3. The second-order valence-corrected chi connectivity index (χ2v) is 6.03. The molecule has 0 aliphatic heterocycles. The van der Waals surface area contributed by atoms with Crippen LogP contribution in [0.2, 0.25) is 0 Å². The molecule has 4 rings (SSSR count). The molecule has 0 spiro atoms. The molecule has 0 amide bonds. The van der Waals surface area contributed by atoms with Crippen LogP contribution in [0.4, 0.5) is 11.5 Å². The second kappa shape index (κ2) is 5.85. The fraction of sp³-hybridized carbons (Fsp3) is 0.0952. The lowest BCUT2D eigenvalue weighted by Crippen LogP contribution is -1.97. The average molecular weight is 313 g/mol. The molecule has 2 heterocycles. The smallest absolute Gasteiger partial charge is 0.143 e. The number of nitrogens with zero attached hydrogens (tertiary/aromatic N) is 2. The third kappa shape index (κ3) is 2.54. The summed E-state index contributed by atoms with van der Waals surface area (Å²) >= 11 is 0. The predicted octanol–water partition coefficient (Wildman–Crippen LogP) is 5.36. The zero-order chi connectivity index (χ0) is 16.5. The summed E-state index contributed by atoms with van der Waals surface area (Å²) in [5.74, 6) is 0.986. The van der Waals surface area contributed by atoms with Crippen LogP contribution in [0, 0.1) is 13.8 Å². The summed E-state index contributed by atoms with van der Waals surface area (Å²) in [5, 5.41) is 3.56. The van der Waals surface area contributed by atoms with Gasteiger partial charge >= 0.3 is 0 Å². The van der Waals surface area contributed by atoms with E-state index in [1.165, 1.54) is 11.1 Å². The molecule has 2 aromatic heterocycles. The summed E-state index contributed by atoms with van der Waals surface area (Å²) in [6, 6.07) is 22.8. The van der Waals surface area contributed by atoms with Crippen molar-refractivity contribution in [2.75, 3.05) is 5.32 Å². The van der Waals surface area contributed by atoms with E-state index in [0.29, 0.717) is 0 Å². The summed E-state index contributed by atoms with van der Waals surface area (Å²) in [6.45, 7) is 4.26. The van der Waals surface area contributed by atoms with Crippen molar-refractivity contribution in [1.29, 1.82) is 0 Å². The van der Waals surface area contributed by atoms with Crippen LogP contribution in [-0.4, -0.2) is 9.38 Å². The number of pyridine rings is 1. The van der Waals surface area contributed by atoms with Gasteiger partial charge in [0, 0.05) is 17.4 Å². The number of aryl methyl sites for hydroxylation is 2. The number of rotatable bonds is 3. The highest BCUT2D eigenvalue weighted by Gasteiger charge is 2.14. The van der Waals surface area contributed by atoms with E-state index >= 15 is 0 Å². The molecule has 3 nitrogen and oxygen atoms in total. The number of fused-ring (bicyclic) bond motifs is 1. The van der Waals surface area contributed by atoms with Gasteiger partial charge in [0.15, 0.2) is 0 Å². The molecule has 3 heteroatoms. The molecule has 0 saturated heterocycles. The predicted molar refractivity (Wildman–Crippen MR) is 99.8 cm³/mol. The third-order valence-electron chi connectivity index (χ3n) is 4.35. The van der Waals surface area contributed by atoms with E-state index in [1.807, 2.05) is 42.6 Å². The van der Waals surface area contributed by atoms with E-state index in [0.717, 1.165) is 28.4 Å². The number of benzene rings is 2. The third-order valence-corrected chi connectivity index (χ3v) is 4.35. The molecule has 118 valence electrons. The number of anilines is 2. The van der Waals surface area contributed by atoms with Crippen molar-refractivity contribution in [2.45, 2.75) is 13.8 Å². The molecule has 24 heavy (non-hydrogen) atoms. The first-order valence-corrected chi connectivity index (χ1v) is 8.09. The highest BCUT2D eigenvalue weighted by atomic mass is 15.1. The number of hydrogen-bond donors (Lipinski definition) is 1. The molecule has 0 radical (unpaired) electrons. The Morgan fingerprint density at radius 1 is 0.833 bits per heavy atom. The summed E-state index contributed by atoms with van der Waals surface area (Å²) in [6.07, 6.45) is 2.04. The van der Waals surface area contributed by atoms with Crippen molar-refractivity contribution in [2.24, 2.45) is 0 Å². The normalized spacial score (nSPS) is 10.9. The van der Waals surface area contributed by atoms with Gasteiger partial charge in [-0.1, -0.05) is 42.5 Å². The highest BCUT2D eigenvalue weighted by Crippen LogP contribution is 2.31. The average Bonchev–Trinajstić information content (AvgIpc) is 2.98. The topological polar surface area (TPSA) is 29.3 Å². The lowest BCUT2D eigenvalue weighted by molar-refractivity contribution is 1.18. The molecule has 0 aliphatic rings. The van der Waals surface area contributed by atoms with Crippen LogP contribution in [0.25, 0.3) is 16.9 Å². The van der Waals surface area contributed by atoms with Crippen LogP contribution in [0.15, 0.2) is 72.9 Å². The minimum Gasteiger partial charge on any atom is -0.339 e. The van der Waals surface area contributed by atoms with Crippen molar-refractivity contribution < 1.29 is 0 Å². The minimum absolute atomic E-state index is 0.933. The van der Waals surface area contributed by atoms with Gasteiger partial charge in [0.25, 0.3) is 0 Å². The van der Waals surface area contributed by atoms with Crippen molar-refractivity contribution >= 4 is 17.2 Å². The quantitative estimate of drug-likeness (QED) is 0.551. The number of hydrogen-bond acceptors (Lipinski definition) is 2. The Bertz CT molecular complexity index is 1000. The standard InChI is InChI=1S/C21H19N3/c1-15-11-12-18(14-16(15)2)22-21-20(17-8-4-3-5-9-17)23-19-10-6-7-13-24(19)21/h3-14,22H,1-2H3. The number of imidazole rings is 1. The van der Waals surface area contributed by atoms with E-state index in [-0.39, 0.29) is 0 Å². The summed E-state index contributed by atoms with van der Waals surface area (Å²) < 4.78 is 2.09. The fourth-order valence-corrected chi connectivity index (χ4v) is 2.87. The first-order valence-electron chi connectivity index (χ1n) is 8.09. The minimum atomic E-state index is 0.933. The van der Waals surface area contributed by atoms with E-state index in [2.05, 4.69) is 53.9 Å². The molecule has 0 aliphatic carbocycles. The highest BCUT2D eigenvalue weighted by molar-refractivity contribution is 5.79. The van der Waals surface area contributed by atoms with Crippen LogP contribution in [-0.2, 0) is 0 Å². The van der Waals surface area contributed by atoms with E-state index in [9.17, 15) is 0 Å². The van der Waals surface area contributed by atoms with Gasteiger partial charge in [-0.15, -0.1) is 0 Å². The summed E-state index contributed by atoms with van der Waals surface area (Å²) in [4.78, 5) is 4.82. The summed E-state index contributed by atoms with van der Waals surface area (Å²) in [7, 11) is 0. The van der Waals surface area contributed by atoms with Gasteiger partial charge < -0.3 is 5.32 Å². The second-order valence-electron chi connectivity index (χ2n) is 6.03. The molecule has 4 aromatic rings. The molecule has 0 bridgehead atoms. The summed E-state index contributed by atoms with van der Waals surface area (Å²) in [5.41, 5.74) is 6.63. The van der Waals surface area contributed by atoms with Crippen LogP contribution in [0.3, 0.4) is 0 Å². The van der Waals surface area contributed by atoms with Gasteiger partial charge in [0.05, 0.1) is 0 Å². The van der Waals surface area contributed by atoms with Gasteiger partial charge in [0.1, 0.15) is 17.2 Å². The Morgan fingerprint density at radius 2 is 1.62 bits per heavy atom. The Kier molecular flexibility index (Phi) is 3.54. The van der Waals surface area contributed by atoms with E-state index in [4.69, 9.17) is 4.98 Å². The van der Waals surface area contributed by atoms with E-state index < -0.39 is 0 Å². The zero-order valence-corrected chi connectivity index (χ0v) is 13.8. The Morgan fingerprint density at radius 3 is 2.42 bits per heavy atom. The molecular weight excluding hydrogens is 294 g/mol. The van der Waals surface area contributed by atoms with Gasteiger partial charge in [-0.2, -0.15) is 0 Å². The van der Waals surface area contributed by atoms with Crippen LogP contribution >= 0.6 is 0 Å². The number of nitrogens with one attached hydrogen (secondary N) is 1. The maximum Gasteiger partial charge on any atom is 0.143 e. The van der Waals surface area contributed by atoms with Gasteiger partial charge in [-0.25, -0.2) is 4.98 Å². The van der Waals surface area contributed by atoms with Gasteiger partial charge in [-0.3, -0.25) is 4.40 Å². The maximum atomic E-state index is 4.82. The lowest BCUT2D eigenvalue weighted by atomic mass is 10.1. The van der Waals surface area contributed by atoms with Gasteiger partial charge in [0.2, 0.25) is 0 Å².